The first-order valence-electron chi connectivity index (χ1n) is 4.27. The maximum absolute atomic E-state index is 10.7. The Morgan fingerprint density at radius 2 is 2.27 bits per heavy atom. The minimum absolute atomic E-state index is 0.00319. The number of esters is 1. The molecule has 0 aliphatic carbocycles. The van der Waals surface area contributed by atoms with E-state index in [4.69, 9.17) is 2.74 Å². The van der Waals surface area contributed by atoms with Crippen molar-refractivity contribution in [3.63, 3.8) is 0 Å². The van der Waals surface area contributed by atoms with E-state index in [-0.39, 0.29) is 18.7 Å². The van der Waals surface area contributed by atoms with Crippen LogP contribution in [0.25, 0.3) is 0 Å². The van der Waals surface area contributed by atoms with Crippen molar-refractivity contribution < 1.29 is 17.1 Å². The Hall–Kier alpha value is -1.06. The molecule has 4 heteroatoms. The highest BCUT2D eigenvalue weighted by Crippen LogP contribution is 1.89. The lowest BCUT2D eigenvalue weighted by atomic mass is 10.3. The van der Waals surface area contributed by atoms with Crippen LogP contribution in [0, 0.1) is 0 Å². The zero-order chi connectivity index (χ0) is 10.5. The van der Waals surface area contributed by atoms with Gasteiger partial charge in [-0.15, -0.1) is 0 Å². The van der Waals surface area contributed by atoms with Gasteiger partial charge in [-0.1, -0.05) is 0 Å². The largest absolute Gasteiger partial charge is 0.466 e. The van der Waals surface area contributed by atoms with Gasteiger partial charge in [-0.3, -0.25) is 9.59 Å². The molecule has 0 aliphatic rings. The molecule has 0 aliphatic heterocycles. The molecular formula is C7H13NO3. The van der Waals surface area contributed by atoms with Crippen molar-refractivity contribution in [2.45, 2.75) is 19.8 Å². The van der Waals surface area contributed by atoms with Crippen molar-refractivity contribution in [3.8, 4) is 0 Å². The molecule has 0 heterocycles. The second-order valence-corrected chi connectivity index (χ2v) is 1.91. The standard InChI is InChI=1S/C7H13NO3/c1-6(9)11-5-3-4-7(10)8-2/h3-5H2,1-2H3,(H,8,10)/i5D2. The molecule has 1 amide bonds. The predicted octanol–water partition coefficient (Wildman–Crippen LogP) is 0.0757. The van der Waals surface area contributed by atoms with Gasteiger partial charge < -0.3 is 10.1 Å². The summed E-state index contributed by atoms with van der Waals surface area (Å²) in [6.07, 6.45) is -0.136. The third-order valence-electron chi connectivity index (χ3n) is 0.949. The number of hydrogen-bond acceptors (Lipinski definition) is 3. The summed E-state index contributed by atoms with van der Waals surface area (Å²) >= 11 is 0. The fraction of sp³-hybridized carbons (Fsp3) is 0.714. The van der Waals surface area contributed by atoms with Crippen LogP contribution in [-0.4, -0.2) is 25.5 Å². The van der Waals surface area contributed by atoms with Crippen molar-refractivity contribution in [2.24, 2.45) is 0 Å². The van der Waals surface area contributed by atoms with Gasteiger partial charge in [0.25, 0.3) is 0 Å². The number of nitrogens with one attached hydrogen (secondary N) is 1. The van der Waals surface area contributed by atoms with Crippen LogP contribution in [-0.2, 0) is 14.3 Å². The first kappa shape index (κ1) is 6.64. The van der Waals surface area contributed by atoms with Gasteiger partial charge in [-0.25, -0.2) is 0 Å². The van der Waals surface area contributed by atoms with Gasteiger partial charge in [-0.2, -0.15) is 0 Å². The summed E-state index contributed by atoms with van der Waals surface area (Å²) < 4.78 is 18.7. The molecule has 0 radical (unpaired) electrons. The second-order valence-electron chi connectivity index (χ2n) is 1.91. The maximum atomic E-state index is 10.7. The van der Waals surface area contributed by atoms with Crippen LogP contribution in [0.1, 0.15) is 22.5 Å². The van der Waals surface area contributed by atoms with Crippen LogP contribution < -0.4 is 5.32 Å². The first-order chi connectivity index (χ1) is 5.87. The SMILES string of the molecule is [2H]C([2H])(CCC(=O)NC)OC(C)=O. The van der Waals surface area contributed by atoms with Crippen molar-refractivity contribution in [3.05, 3.63) is 0 Å². The fourth-order valence-electron chi connectivity index (χ4n) is 0.442. The van der Waals surface area contributed by atoms with E-state index >= 15 is 0 Å². The highest BCUT2D eigenvalue weighted by molar-refractivity contribution is 5.75. The number of rotatable bonds is 4. The molecule has 0 saturated heterocycles. The number of ether oxygens (including phenoxy) is 1. The topological polar surface area (TPSA) is 55.4 Å². The number of amides is 1. The minimum Gasteiger partial charge on any atom is -0.466 e. The van der Waals surface area contributed by atoms with Crippen LogP contribution in [0.3, 0.4) is 0 Å². The van der Waals surface area contributed by atoms with E-state index in [1.165, 1.54) is 7.05 Å². The highest BCUT2D eigenvalue weighted by atomic mass is 16.5. The lowest BCUT2D eigenvalue weighted by Crippen LogP contribution is -2.17. The van der Waals surface area contributed by atoms with E-state index in [0.29, 0.717) is 0 Å². The quantitative estimate of drug-likeness (QED) is 0.594. The number of carbonyl (C=O) groups excluding carboxylic acids is 2. The zero-order valence-electron chi connectivity index (χ0n) is 8.64. The van der Waals surface area contributed by atoms with Gasteiger partial charge >= 0.3 is 5.97 Å². The third kappa shape index (κ3) is 6.83. The molecule has 0 saturated carbocycles. The van der Waals surface area contributed by atoms with E-state index in [1.54, 1.807) is 0 Å². The van der Waals surface area contributed by atoms with Crippen LogP contribution in [0.4, 0.5) is 0 Å². The Kier molecular flexibility index (Phi) is 3.44. The first-order valence-corrected chi connectivity index (χ1v) is 3.27. The van der Waals surface area contributed by atoms with Crippen LogP contribution in [0.2, 0.25) is 0 Å². The maximum Gasteiger partial charge on any atom is 0.302 e. The highest BCUT2D eigenvalue weighted by Gasteiger charge is 1.97. The van der Waals surface area contributed by atoms with Crippen molar-refractivity contribution in [1.82, 2.24) is 5.32 Å². The summed E-state index contributed by atoms with van der Waals surface area (Å²) in [4.78, 5) is 21.1. The normalized spacial score (nSPS) is 12.9. The number of carbonyl (C=O) groups is 2. The summed E-state index contributed by atoms with van der Waals surface area (Å²) in [5.74, 6) is -0.974. The summed E-state index contributed by atoms with van der Waals surface area (Å²) in [5.41, 5.74) is 0. The summed E-state index contributed by atoms with van der Waals surface area (Å²) in [6, 6.07) is 0. The molecule has 0 rings (SSSR count). The second kappa shape index (κ2) is 5.70. The molecule has 0 fully saturated rings. The average molecular weight is 161 g/mol. The Morgan fingerprint density at radius 1 is 1.64 bits per heavy atom. The van der Waals surface area contributed by atoms with E-state index in [0.717, 1.165) is 6.92 Å². The monoisotopic (exact) mass is 161 g/mol. The number of hydrogen-bond donors (Lipinski definition) is 1. The lowest BCUT2D eigenvalue weighted by molar-refractivity contribution is -0.141. The Balaban J connectivity index is 3.88. The zero-order valence-corrected chi connectivity index (χ0v) is 6.64. The van der Waals surface area contributed by atoms with Gasteiger partial charge in [0, 0.05) is 20.4 Å². The Labute approximate surface area is 68.7 Å². The molecule has 0 atom stereocenters. The molecule has 0 aromatic heterocycles. The van der Waals surface area contributed by atoms with Crippen LogP contribution in [0.5, 0.6) is 0 Å². The molecule has 64 valence electrons. The minimum atomic E-state index is -2.06. The molecule has 1 N–H and O–H groups in total. The van der Waals surface area contributed by atoms with Crippen molar-refractivity contribution >= 4 is 11.9 Å². The van der Waals surface area contributed by atoms with E-state index in [2.05, 4.69) is 10.1 Å². The van der Waals surface area contributed by atoms with Gasteiger partial charge in [0.05, 0.1) is 9.30 Å². The van der Waals surface area contributed by atoms with Gasteiger partial charge in [0.1, 0.15) is 0 Å². The summed E-state index contributed by atoms with van der Waals surface area (Å²) in [6.45, 7) is -0.934. The summed E-state index contributed by atoms with van der Waals surface area (Å²) in [5, 5.41) is 2.34. The fourth-order valence-corrected chi connectivity index (χ4v) is 0.442. The molecular weight excluding hydrogens is 146 g/mol. The lowest BCUT2D eigenvalue weighted by Gasteiger charge is -2.00. The van der Waals surface area contributed by atoms with Gasteiger partial charge in [-0.05, 0) is 6.42 Å². The van der Waals surface area contributed by atoms with E-state index < -0.39 is 12.5 Å². The molecule has 4 nitrogen and oxygen atoms in total. The molecule has 0 aromatic rings. The average Bonchev–Trinajstić information content (AvgIpc) is 1.98. The molecule has 0 bridgehead atoms. The molecule has 0 unspecified atom stereocenters. The van der Waals surface area contributed by atoms with E-state index in [1.807, 2.05) is 0 Å². The van der Waals surface area contributed by atoms with Gasteiger partial charge in [0.15, 0.2) is 0 Å². The Morgan fingerprint density at radius 3 is 2.73 bits per heavy atom. The van der Waals surface area contributed by atoms with Crippen molar-refractivity contribution in [2.75, 3.05) is 13.6 Å². The molecule has 0 aromatic carbocycles. The van der Waals surface area contributed by atoms with Crippen molar-refractivity contribution in [1.29, 1.82) is 0 Å². The van der Waals surface area contributed by atoms with Crippen LogP contribution in [0.15, 0.2) is 0 Å². The molecule has 0 spiro atoms. The third-order valence-corrected chi connectivity index (χ3v) is 0.949. The van der Waals surface area contributed by atoms with Crippen LogP contribution >= 0.6 is 0 Å². The molecule has 11 heavy (non-hydrogen) atoms. The van der Waals surface area contributed by atoms with E-state index in [9.17, 15) is 9.59 Å². The predicted molar refractivity (Wildman–Crippen MR) is 39.9 cm³/mol. The smallest absolute Gasteiger partial charge is 0.302 e. The summed E-state index contributed by atoms with van der Waals surface area (Å²) in [7, 11) is 1.46. The Bertz CT molecular complexity index is 206. The van der Waals surface area contributed by atoms with Gasteiger partial charge in [0.2, 0.25) is 5.91 Å².